The van der Waals surface area contributed by atoms with Crippen LogP contribution in [-0.4, -0.2) is 18.6 Å². The van der Waals surface area contributed by atoms with Gasteiger partial charge in [0, 0.05) is 11.3 Å². The first-order chi connectivity index (χ1) is 6.88. The predicted octanol–water partition coefficient (Wildman–Crippen LogP) is 1.76. The van der Waals surface area contributed by atoms with E-state index in [1.54, 1.807) is 0 Å². The molecule has 0 saturated heterocycles. The largest absolute Gasteiger partial charge is 0.405 e. The summed E-state index contributed by atoms with van der Waals surface area (Å²) in [7, 11) is 0. The number of primary amides is 1. The Balaban J connectivity index is 2.61. The summed E-state index contributed by atoms with van der Waals surface area (Å²) in [6.07, 6.45) is -4.26. The van der Waals surface area contributed by atoms with Gasteiger partial charge in [0.05, 0.1) is 0 Å². The summed E-state index contributed by atoms with van der Waals surface area (Å²) in [6, 6.07) is 5.46. The molecule has 0 atom stereocenters. The number of nitrogens with two attached hydrogens (primary N) is 1. The summed E-state index contributed by atoms with van der Waals surface area (Å²) in [6.45, 7) is -1.11. The third kappa shape index (κ3) is 3.88. The van der Waals surface area contributed by atoms with Crippen LogP contribution in [0.15, 0.2) is 24.3 Å². The highest BCUT2D eigenvalue weighted by molar-refractivity contribution is 5.93. The van der Waals surface area contributed by atoms with E-state index in [9.17, 15) is 18.0 Å². The van der Waals surface area contributed by atoms with E-state index in [1.807, 2.05) is 0 Å². The molecule has 3 N–H and O–H groups in total. The first-order valence-electron chi connectivity index (χ1n) is 4.09. The monoisotopic (exact) mass is 218 g/mol. The zero-order valence-corrected chi connectivity index (χ0v) is 7.64. The topological polar surface area (TPSA) is 55.1 Å². The zero-order valence-electron chi connectivity index (χ0n) is 7.64. The van der Waals surface area contributed by atoms with Crippen molar-refractivity contribution >= 4 is 11.6 Å². The van der Waals surface area contributed by atoms with Crippen molar-refractivity contribution in [3.8, 4) is 0 Å². The fourth-order valence-corrected chi connectivity index (χ4v) is 0.955. The molecule has 1 aromatic carbocycles. The van der Waals surface area contributed by atoms with Gasteiger partial charge in [0.1, 0.15) is 6.54 Å². The minimum atomic E-state index is -4.26. The molecule has 0 bridgehead atoms. The molecule has 0 aliphatic carbocycles. The average Bonchev–Trinajstić information content (AvgIpc) is 2.14. The number of amides is 1. The number of hydrogen-bond donors (Lipinski definition) is 2. The number of nitrogens with one attached hydrogen (secondary N) is 1. The minimum absolute atomic E-state index is 0.257. The first kappa shape index (κ1) is 11.4. The molecule has 0 spiro atoms. The van der Waals surface area contributed by atoms with E-state index < -0.39 is 18.6 Å². The molecule has 0 radical (unpaired) electrons. The SMILES string of the molecule is NC(=O)c1ccc(NCC(F)(F)F)cc1. The molecule has 0 unspecified atom stereocenters. The van der Waals surface area contributed by atoms with Crippen molar-refractivity contribution in [2.24, 2.45) is 5.73 Å². The number of anilines is 1. The molecular weight excluding hydrogens is 209 g/mol. The highest BCUT2D eigenvalue weighted by Crippen LogP contribution is 2.16. The van der Waals surface area contributed by atoms with E-state index >= 15 is 0 Å². The van der Waals surface area contributed by atoms with Crippen molar-refractivity contribution in [2.75, 3.05) is 11.9 Å². The van der Waals surface area contributed by atoms with Gasteiger partial charge in [0.25, 0.3) is 0 Å². The Morgan fingerprint density at radius 2 is 1.80 bits per heavy atom. The average molecular weight is 218 g/mol. The second-order valence-electron chi connectivity index (χ2n) is 2.91. The Hall–Kier alpha value is -1.72. The summed E-state index contributed by atoms with van der Waals surface area (Å²) in [5, 5.41) is 2.17. The van der Waals surface area contributed by atoms with Gasteiger partial charge in [-0.25, -0.2) is 0 Å². The molecule has 0 fully saturated rings. The molecule has 0 heterocycles. The fourth-order valence-electron chi connectivity index (χ4n) is 0.955. The Labute approximate surface area is 84.1 Å². The van der Waals surface area contributed by atoms with Gasteiger partial charge in [0.2, 0.25) is 5.91 Å². The maximum Gasteiger partial charge on any atom is 0.405 e. The highest BCUT2D eigenvalue weighted by Gasteiger charge is 2.26. The fraction of sp³-hybridized carbons (Fsp3) is 0.222. The van der Waals surface area contributed by atoms with E-state index in [1.165, 1.54) is 24.3 Å². The maximum atomic E-state index is 11.8. The zero-order chi connectivity index (χ0) is 11.5. The van der Waals surface area contributed by atoms with Crippen LogP contribution in [-0.2, 0) is 0 Å². The quantitative estimate of drug-likeness (QED) is 0.812. The van der Waals surface area contributed by atoms with E-state index in [4.69, 9.17) is 5.73 Å². The van der Waals surface area contributed by atoms with Crippen molar-refractivity contribution in [1.29, 1.82) is 0 Å². The summed E-state index contributed by atoms with van der Waals surface area (Å²) in [5.41, 5.74) is 5.51. The van der Waals surface area contributed by atoms with Crippen molar-refractivity contribution in [2.45, 2.75) is 6.18 Å². The van der Waals surface area contributed by atoms with Crippen LogP contribution >= 0.6 is 0 Å². The molecule has 1 rings (SSSR count). The van der Waals surface area contributed by atoms with Gasteiger partial charge < -0.3 is 11.1 Å². The van der Waals surface area contributed by atoms with Crippen LogP contribution in [0.3, 0.4) is 0 Å². The highest BCUT2D eigenvalue weighted by atomic mass is 19.4. The van der Waals surface area contributed by atoms with E-state index in [0.29, 0.717) is 0 Å². The molecule has 1 aromatic rings. The number of halogens is 3. The molecule has 1 amide bonds. The van der Waals surface area contributed by atoms with Gasteiger partial charge in [-0.05, 0) is 24.3 Å². The number of carbonyl (C=O) groups is 1. The summed E-state index contributed by atoms with van der Waals surface area (Å²) in [4.78, 5) is 10.7. The second kappa shape index (κ2) is 4.20. The molecule has 6 heteroatoms. The van der Waals surface area contributed by atoms with Crippen molar-refractivity contribution < 1.29 is 18.0 Å². The number of benzene rings is 1. The molecule has 0 aromatic heterocycles. The molecule has 82 valence electrons. The van der Waals surface area contributed by atoms with Crippen LogP contribution < -0.4 is 11.1 Å². The summed E-state index contributed by atoms with van der Waals surface area (Å²) in [5.74, 6) is -0.614. The Kier molecular flexibility index (Phi) is 3.18. The lowest BCUT2D eigenvalue weighted by Crippen LogP contribution is -2.21. The van der Waals surface area contributed by atoms with Crippen molar-refractivity contribution in [3.05, 3.63) is 29.8 Å². The van der Waals surface area contributed by atoms with Gasteiger partial charge in [-0.3, -0.25) is 4.79 Å². The maximum absolute atomic E-state index is 11.8. The summed E-state index contributed by atoms with van der Waals surface area (Å²) >= 11 is 0. The molecule has 0 aliphatic heterocycles. The molecule has 3 nitrogen and oxygen atoms in total. The summed E-state index contributed by atoms with van der Waals surface area (Å²) < 4.78 is 35.4. The number of carbonyl (C=O) groups excluding carboxylic acids is 1. The number of rotatable bonds is 3. The van der Waals surface area contributed by atoms with Crippen LogP contribution in [0.25, 0.3) is 0 Å². The lowest BCUT2D eigenvalue weighted by molar-refractivity contribution is -0.115. The number of hydrogen-bond acceptors (Lipinski definition) is 2. The van der Waals surface area contributed by atoms with Gasteiger partial charge in [0.15, 0.2) is 0 Å². The standard InChI is InChI=1S/C9H9F3N2O/c10-9(11,12)5-14-7-3-1-6(2-4-7)8(13)15/h1-4,14H,5H2,(H2,13,15). The smallest absolute Gasteiger partial charge is 0.376 e. The third-order valence-electron chi connectivity index (χ3n) is 1.66. The van der Waals surface area contributed by atoms with Crippen LogP contribution in [0.2, 0.25) is 0 Å². The van der Waals surface area contributed by atoms with Crippen LogP contribution in [0.4, 0.5) is 18.9 Å². The molecule has 0 aliphatic rings. The Morgan fingerprint density at radius 1 is 1.27 bits per heavy atom. The van der Waals surface area contributed by atoms with Gasteiger partial charge in [-0.1, -0.05) is 0 Å². The molecule has 0 saturated carbocycles. The van der Waals surface area contributed by atoms with Crippen molar-refractivity contribution in [1.82, 2.24) is 0 Å². The van der Waals surface area contributed by atoms with Gasteiger partial charge in [-0.2, -0.15) is 13.2 Å². The van der Waals surface area contributed by atoms with Crippen LogP contribution in [0.1, 0.15) is 10.4 Å². The van der Waals surface area contributed by atoms with E-state index in [-0.39, 0.29) is 11.3 Å². The van der Waals surface area contributed by atoms with E-state index in [0.717, 1.165) is 0 Å². The van der Waals surface area contributed by atoms with E-state index in [2.05, 4.69) is 5.32 Å². The third-order valence-corrected chi connectivity index (χ3v) is 1.66. The first-order valence-corrected chi connectivity index (χ1v) is 4.09. The predicted molar refractivity (Wildman–Crippen MR) is 49.5 cm³/mol. The molecule has 15 heavy (non-hydrogen) atoms. The Morgan fingerprint density at radius 3 is 2.20 bits per heavy atom. The Bertz CT molecular complexity index is 345. The van der Waals surface area contributed by atoms with Gasteiger partial charge >= 0.3 is 6.18 Å². The van der Waals surface area contributed by atoms with Crippen LogP contribution in [0.5, 0.6) is 0 Å². The van der Waals surface area contributed by atoms with Crippen molar-refractivity contribution in [3.63, 3.8) is 0 Å². The number of alkyl halides is 3. The lowest BCUT2D eigenvalue weighted by atomic mass is 10.2. The molecular formula is C9H9F3N2O. The lowest BCUT2D eigenvalue weighted by Gasteiger charge is -2.09. The second-order valence-corrected chi connectivity index (χ2v) is 2.91. The minimum Gasteiger partial charge on any atom is -0.376 e. The van der Waals surface area contributed by atoms with Gasteiger partial charge in [-0.15, -0.1) is 0 Å². The normalized spacial score (nSPS) is 11.1. The van der Waals surface area contributed by atoms with Crippen LogP contribution in [0, 0.1) is 0 Å².